The van der Waals surface area contributed by atoms with Gasteiger partial charge in [0.1, 0.15) is 5.65 Å². The van der Waals surface area contributed by atoms with Crippen molar-refractivity contribution in [2.24, 2.45) is 0 Å². The number of benzene rings is 1. The molecule has 1 aromatic carbocycles. The average molecular weight is 379 g/mol. The summed E-state index contributed by atoms with van der Waals surface area (Å²) in [7, 11) is 0. The van der Waals surface area contributed by atoms with Crippen molar-refractivity contribution in [1.29, 1.82) is 0 Å². The van der Waals surface area contributed by atoms with E-state index in [-0.39, 0.29) is 38.3 Å². The molecule has 0 saturated carbocycles. The maximum Gasteiger partial charge on any atom is 0.251 e. The fourth-order valence-electron chi connectivity index (χ4n) is 3.36. The number of rotatable bonds is 2. The van der Waals surface area contributed by atoms with Gasteiger partial charge in [0.2, 0.25) is 5.91 Å². The second kappa shape index (κ2) is 7.43. The second-order valence-electron chi connectivity index (χ2n) is 6.92. The van der Waals surface area contributed by atoms with Crippen LogP contribution in [-0.2, 0) is 11.2 Å². The molecule has 1 amide bonds. The molecule has 0 aliphatic carbocycles. The van der Waals surface area contributed by atoms with Gasteiger partial charge in [-0.3, -0.25) is 4.79 Å². The first-order valence-corrected chi connectivity index (χ1v) is 9.19. The smallest absolute Gasteiger partial charge is 0.251 e. The van der Waals surface area contributed by atoms with E-state index in [2.05, 4.69) is 21.8 Å². The maximum atomic E-state index is 13.3. The molecular formula is C22H19F2N3O. The minimum Gasteiger partial charge on any atom is -0.346 e. The van der Waals surface area contributed by atoms with Crippen LogP contribution in [0.25, 0.3) is 11.0 Å². The van der Waals surface area contributed by atoms with Crippen molar-refractivity contribution in [1.82, 2.24) is 14.9 Å². The predicted molar refractivity (Wildman–Crippen MR) is 103 cm³/mol. The Bertz CT molecular complexity index is 1070. The van der Waals surface area contributed by atoms with E-state index >= 15 is 0 Å². The van der Waals surface area contributed by atoms with Crippen LogP contribution in [0, 0.1) is 11.8 Å². The van der Waals surface area contributed by atoms with E-state index < -0.39 is 5.92 Å². The monoisotopic (exact) mass is 379 g/mol. The number of hydrogen-bond donors (Lipinski definition) is 1. The van der Waals surface area contributed by atoms with E-state index in [4.69, 9.17) is 0 Å². The number of aromatic amines is 1. The highest BCUT2D eigenvalue weighted by Gasteiger charge is 2.35. The van der Waals surface area contributed by atoms with Gasteiger partial charge in [-0.15, -0.1) is 0 Å². The molecule has 6 heteroatoms. The van der Waals surface area contributed by atoms with Crippen LogP contribution in [0.1, 0.15) is 29.5 Å². The summed E-state index contributed by atoms with van der Waals surface area (Å²) in [4.78, 5) is 21.4. The number of nitrogens with zero attached hydrogens (tertiary/aromatic N) is 2. The van der Waals surface area contributed by atoms with Crippen molar-refractivity contribution < 1.29 is 13.6 Å². The van der Waals surface area contributed by atoms with Gasteiger partial charge in [0.15, 0.2) is 0 Å². The third kappa shape index (κ3) is 3.89. The molecule has 2 aromatic heterocycles. The van der Waals surface area contributed by atoms with Gasteiger partial charge in [0, 0.05) is 54.8 Å². The highest BCUT2D eigenvalue weighted by Crippen LogP contribution is 2.28. The third-order valence-electron chi connectivity index (χ3n) is 5.00. The Kier molecular flexibility index (Phi) is 4.82. The molecule has 1 N–H and O–H groups in total. The molecule has 4 nitrogen and oxygen atoms in total. The molecule has 0 bridgehead atoms. The molecule has 4 rings (SSSR count). The van der Waals surface area contributed by atoms with Crippen LogP contribution in [0.4, 0.5) is 8.78 Å². The number of alkyl halides is 2. The van der Waals surface area contributed by atoms with Crippen LogP contribution in [-0.4, -0.2) is 39.8 Å². The average Bonchev–Trinajstić information content (AvgIpc) is 3.16. The normalized spacial score (nSPS) is 15.9. The number of fused-ring (bicyclic) bond motifs is 1. The number of H-pyrrole nitrogens is 1. The quantitative estimate of drug-likeness (QED) is 0.689. The summed E-state index contributed by atoms with van der Waals surface area (Å²) in [5.74, 6) is 3.51. The zero-order valence-electron chi connectivity index (χ0n) is 15.2. The van der Waals surface area contributed by atoms with E-state index in [1.54, 1.807) is 6.20 Å². The van der Waals surface area contributed by atoms with Gasteiger partial charge >= 0.3 is 0 Å². The molecule has 0 atom stereocenters. The van der Waals surface area contributed by atoms with Crippen LogP contribution < -0.4 is 0 Å². The topological polar surface area (TPSA) is 49.0 Å². The minimum absolute atomic E-state index is 0.0994. The fourth-order valence-corrected chi connectivity index (χ4v) is 3.36. The van der Waals surface area contributed by atoms with Gasteiger partial charge in [-0.25, -0.2) is 13.8 Å². The minimum atomic E-state index is -2.66. The van der Waals surface area contributed by atoms with E-state index in [9.17, 15) is 13.6 Å². The number of nitrogens with one attached hydrogen (secondary N) is 1. The van der Waals surface area contributed by atoms with Crippen LogP contribution in [0.15, 0.2) is 48.8 Å². The number of likely N-dealkylation sites (tertiary alicyclic amines) is 1. The lowest BCUT2D eigenvalue weighted by Gasteiger charge is -2.31. The van der Waals surface area contributed by atoms with Gasteiger partial charge in [-0.05, 0) is 23.8 Å². The highest BCUT2D eigenvalue weighted by atomic mass is 19.3. The molecule has 28 heavy (non-hydrogen) atoms. The summed E-state index contributed by atoms with van der Waals surface area (Å²) in [5, 5.41) is 0.942. The first-order valence-electron chi connectivity index (χ1n) is 9.19. The van der Waals surface area contributed by atoms with Crippen molar-refractivity contribution in [3.63, 3.8) is 0 Å². The molecule has 0 radical (unpaired) electrons. The molecule has 0 spiro atoms. The summed E-state index contributed by atoms with van der Waals surface area (Å²) >= 11 is 0. The summed E-state index contributed by atoms with van der Waals surface area (Å²) in [5.41, 5.74) is 3.19. The summed E-state index contributed by atoms with van der Waals surface area (Å²) in [6.45, 7) is 0.199. The van der Waals surface area contributed by atoms with Gasteiger partial charge in [-0.1, -0.05) is 30.0 Å². The molecule has 3 aromatic rings. The van der Waals surface area contributed by atoms with Crippen molar-refractivity contribution in [2.45, 2.75) is 25.2 Å². The van der Waals surface area contributed by atoms with E-state index in [0.29, 0.717) is 0 Å². The van der Waals surface area contributed by atoms with E-state index in [0.717, 1.165) is 27.7 Å². The molecule has 3 heterocycles. The zero-order valence-corrected chi connectivity index (χ0v) is 15.2. The summed E-state index contributed by atoms with van der Waals surface area (Å²) in [6, 6.07) is 11.2. The fraction of sp³-hybridized carbons (Fsp3) is 0.273. The number of aromatic nitrogens is 2. The van der Waals surface area contributed by atoms with Gasteiger partial charge in [0.25, 0.3) is 5.92 Å². The number of halogens is 2. The molecule has 1 saturated heterocycles. The predicted octanol–water partition coefficient (Wildman–Crippen LogP) is 3.76. The van der Waals surface area contributed by atoms with E-state index in [1.807, 2.05) is 42.6 Å². The largest absolute Gasteiger partial charge is 0.346 e. The van der Waals surface area contributed by atoms with E-state index in [1.165, 1.54) is 4.90 Å². The molecule has 0 unspecified atom stereocenters. The lowest BCUT2D eigenvalue weighted by atomic mass is 10.0. The van der Waals surface area contributed by atoms with Crippen molar-refractivity contribution in [3.05, 3.63) is 65.5 Å². The Morgan fingerprint density at radius 2 is 1.86 bits per heavy atom. The van der Waals surface area contributed by atoms with Gasteiger partial charge in [0.05, 0.1) is 6.42 Å². The Balaban J connectivity index is 1.54. The van der Waals surface area contributed by atoms with Crippen LogP contribution in [0.5, 0.6) is 0 Å². The number of carbonyl (C=O) groups excluding carboxylic acids is 1. The number of piperidine rings is 1. The summed E-state index contributed by atoms with van der Waals surface area (Å²) < 4.78 is 26.6. The number of hydrogen-bond acceptors (Lipinski definition) is 2. The number of pyridine rings is 1. The standard InChI is InChI=1S/C22H19F2N3O/c23-22(24)9-13-27(14-10-22)20(28)15-18-4-2-1-3-16(18)5-6-17-7-11-25-21-19(17)8-12-26-21/h1-4,7-8,11-12H,9-10,13-15H2,(H,25,26). The Hall–Kier alpha value is -3.20. The molecule has 1 aliphatic heterocycles. The second-order valence-corrected chi connectivity index (χ2v) is 6.92. The molecule has 142 valence electrons. The zero-order chi connectivity index (χ0) is 19.6. The summed E-state index contributed by atoms with van der Waals surface area (Å²) in [6.07, 6.45) is 3.14. The van der Waals surface area contributed by atoms with Crippen LogP contribution >= 0.6 is 0 Å². The molecule has 1 aliphatic rings. The number of carbonyl (C=O) groups is 1. The Morgan fingerprint density at radius 1 is 1.11 bits per heavy atom. The molecule has 1 fully saturated rings. The first kappa shape index (κ1) is 18.2. The van der Waals surface area contributed by atoms with Crippen molar-refractivity contribution in [3.8, 4) is 11.8 Å². The molecular weight excluding hydrogens is 360 g/mol. The maximum absolute atomic E-state index is 13.3. The van der Waals surface area contributed by atoms with Crippen molar-refractivity contribution >= 4 is 16.9 Å². The van der Waals surface area contributed by atoms with Gasteiger partial charge in [-0.2, -0.15) is 0 Å². The SMILES string of the molecule is O=C(Cc1ccccc1C#Cc1ccnc2[nH]ccc12)N1CCC(F)(F)CC1. The number of amides is 1. The van der Waals surface area contributed by atoms with Crippen molar-refractivity contribution in [2.75, 3.05) is 13.1 Å². The lowest BCUT2D eigenvalue weighted by Crippen LogP contribution is -2.43. The van der Waals surface area contributed by atoms with Crippen LogP contribution in [0.3, 0.4) is 0 Å². The van der Waals surface area contributed by atoms with Crippen LogP contribution in [0.2, 0.25) is 0 Å². The Morgan fingerprint density at radius 3 is 2.68 bits per heavy atom. The van der Waals surface area contributed by atoms with Gasteiger partial charge < -0.3 is 9.88 Å². The third-order valence-corrected chi connectivity index (χ3v) is 5.00. The highest BCUT2D eigenvalue weighted by molar-refractivity contribution is 5.83. The lowest BCUT2D eigenvalue weighted by molar-refractivity contribution is -0.136. The first-order chi connectivity index (χ1) is 13.5. The Labute approximate surface area is 161 Å².